The molecule has 230 valence electrons. The van der Waals surface area contributed by atoms with Crippen LogP contribution in [0, 0.1) is 0 Å². The van der Waals surface area contributed by atoms with Crippen LogP contribution in [0.15, 0.2) is 0 Å². The van der Waals surface area contributed by atoms with Gasteiger partial charge in [-0.25, -0.2) is 9.78 Å². The SMILES string of the molecule is CCOOCCCCCCCCCCC[Si](C)(OC)O[Si](C)(C)CCCCCCCC[Si](OC)(OC)OC. The zero-order chi connectivity index (χ0) is 28.6. The second kappa shape index (κ2) is 24.0. The van der Waals surface area contributed by atoms with E-state index in [2.05, 4.69) is 19.6 Å². The van der Waals surface area contributed by atoms with Crippen LogP contribution in [-0.2, 0) is 31.6 Å². The lowest BCUT2D eigenvalue weighted by molar-refractivity contribution is -0.291. The Morgan fingerprint density at radius 1 is 0.447 bits per heavy atom. The van der Waals surface area contributed by atoms with Crippen molar-refractivity contribution in [2.75, 3.05) is 41.7 Å². The van der Waals surface area contributed by atoms with E-state index in [0.717, 1.165) is 31.5 Å². The molecule has 0 bridgehead atoms. The van der Waals surface area contributed by atoms with E-state index in [1.807, 2.05) is 14.0 Å². The third-order valence-corrected chi connectivity index (χ3v) is 17.9. The minimum absolute atomic E-state index is 0.628. The Balaban J connectivity index is 3.89. The Morgan fingerprint density at radius 3 is 1.32 bits per heavy atom. The van der Waals surface area contributed by atoms with Crippen molar-refractivity contribution in [2.24, 2.45) is 0 Å². The van der Waals surface area contributed by atoms with Crippen molar-refractivity contribution in [3.05, 3.63) is 0 Å². The van der Waals surface area contributed by atoms with Gasteiger partial charge in [-0.1, -0.05) is 83.5 Å². The van der Waals surface area contributed by atoms with Gasteiger partial charge in [-0.05, 0) is 51.5 Å². The Morgan fingerprint density at radius 2 is 0.868 bits per heavy atom. The lowest BCUT2D eigenvalue weighted by atomic mass is 10.1. The molecule has 1 atom stereocenters. The summed E-state index contributed by atoms with van der Waals surface area (Å²) in [6.45, 7) is 10.3. The molecule has 7 nitrogen and oxygen atoms in total. The van der Waals surface area contributed by atoms with E-state index >= 15 is 0 Å². The first kappa shape index (κ1) is 38.4. The van der Waals surface area contributed by atoms with Gasteiger partial charge in [0.05, 0.1) is 13.2 Å². The van der Waals surface area contributed by atoms with Crippen LogP contribution in [0.4, 0.5) is 0 Å². The molecular formula is C28H64O7Si3. The molecule has 38 heavy (non-hydrogen) atoms. The summed E-state index contributed by atoms with van der Waals surface area (Å²) in [5.41, 5.74) is 0. The molecule has 0 aliphatic heterocycles. The van der Waals surface area contributed by atoms with Gasteiger partial charge >= 0.3 is 17.4 Å². The molecule has 0 aromatic carbocycles. The zero-order valence-corrected chi connectivity index (χ0v) is 29.5. The minimum Gasteiger partial charge on any atom is -0.436 e. The van der Waals surface area contributed by atoms with Crippen LogP contribution in [0.25, 0.3) is 0 Å². The van der Waals surface area contributed by atoms with Crippen LogP contribution in [0.1, 0.15) is 103 Å². The number of hydrogen-bond acceptors (Lipinski definition) is 7. The fourth-order valence-electron chi connectivity index (χ4n) is 4.97. The number of rotatable bonds is 29. The van der Waals surface area contributed by atoms with Gasteiger partial charge in [0.1, 0.15) is 0 Å². The first-order chi connectivity index (χ1) is 18.2. The van der Waals surface area contributed by atoms with Crippen LogP contribution in [0.5, 0.6) is 0 Å². The maximum Gasteiger partial charge on any atom is 0.500 e. The zero-order valence-electron chi connectivity index (χ0n) is 26.5. The molecule has 0 aliphatic carbocycles. The third kappa shape index (κ3) is 20.3. The highest BCUT2D eigenvalue weighted by molar-refractivity contribution is 6.82. The predicted molar refractivity (Wildman–Crippen MR) is 165 cm³/mol. The maximum atomic E-state index is 6.80. The van der Waals surface area contributed by atoms with Gasteiger partial charge in [0.2, 0.25) is 0 Å². The molecular weight excluding hydrogens is 533 g/mol. The van der Waals surface area contributed by atoms with E-state index in [-0.39, 0.29) is 0 Å². The molecule has 0 aromatic rings. The van der Waals surface area contributed by atoms with Crippen molar-refractivity contribution in [1.82, 2.24) is 0 Å². The Hall–Kier alpha value is 0.371. The molecule has 0 saturated heterocycles. The fraction of sp³-hybridized carbons (Fsp3) is 1.00. The largest absolute Gasteiger partial charge is 0.500 e. The van der Waals surface area contributed by atoms with Gasteiger partial charge in [-0.2, -0.15) is 0 Å². The summed E-state index contributed by atoms with van der Waals surface area (Å²) in [5.74, 6) is 0. The molecule has 0 aliphatic rings. The van der Waals surface area contributed by atoms with Crippen molar-refractivity contribution in [1.29, 1.82) is 0 Å². The van der Waals surface area contributed by atoms with Crippen molar-refractivity contribution in [3.63, 3.8) is 0 Å². The van der Waals surface area contributed by atoms with E-state index in [0.29, 0.717) is 6.61 Å². The Bertz CT molecular complexity index is 516. The first-order valence-electron chi connectivity index (χ1n) is 15.4. The summed E-state index contributed by atoms with van der Waals surface area (Å²) in [7, 11) is 0.775. The smallest absolute Gasteiger partial charge is 0.436 e. The topological polar surface area (TPSA) is 64.6 Å². The highest BCUT2D eigenvalue weighted by Gasteiger charge is 2.38. The van der Waals surface area contributed by atoms with Crippen LogP contribution >= 0.6 is 0 Å². The summed E-state index contributed by atoms with van der Waals surface area (Å²) in [6.07, 6.45) is 18.9. The van der Waals surface area contributed by atoms with E-state index in [1.54, 1.807) is 21.3 Å². The summed E-state index contributed by atoms with van der Waals surface area (Å²) in [5, 5.41) is 0. The molecule has 0 radical (unpaired) electrons. The van der Waals surface area contributed by atoms with Gasteiger partial charge in [0, 0.05) is 34.5 Å². The summed E-state index contributed by atoms with van der Waals surface area (Å²) >= 11 is 0. The summed E-state index contributed by atoms with van der Waals surface area (Å²) < 4.78 is 29.3. The number of hydrogen-bond donors (Lipinski definition) is 0. The molecule has 0 rings (SSSR count). The quantitative estimate of drug-likeness (QED) is 0.0370. The monoisotopic (exact) mass is 596 g/mol. The van der Waals surface area contributed by atoms with Crippen molar-refractivity contribution < 1.29 is 31.6 Å². The first-order valence-corrected chi connectivity index (χ1v) is 22.9. The second-order valence-electron chi connectivity index (χ2n) is 11.3. The van der Waals surface area contributed by atoms with Crippen LogP contribution in [0.3, 0.4) is 0 Å². The van der Waals surface area contributed by atoms with Crippen LogP contribution < -0.4 is 0 Å². The molecule has 0 spiro atoms. The number of unbranched alkanes of at least 4 members (excludes halogenated alkanes) is 13. The Kier molecular flexibility index (Phi) is 24.2. The van der Waals surface area contributed by atoms with Crippen molar-refractivity contribution in [3.8, 4) is 0 Å². The molecule has 0 fully saturated rings. The van der Waals surface area contributed by atoms with Gasteiger partial charge in [-0.3, -0.25) is 0 Å². The van der Waals surface area contributed by atoms with Crippen molar-refractivity contribution >= 4 is 25.7 Å². The lowest BCUT2D eigenvalue weighted by Gasteiger charge is -2.35. The van der Waals surface area contributed by atoms with Crippen molar-refractivity contribution in [2.45, 2.75) is 141 Å². The normalized spacial score (nSPS) is 14.2. The molecule has 0 amide bonds. The standard InChI is InChI=1S/C28H64O7Si3/c1-9-33-34-25-21-17-13-11-10-12-14-19-23-27-37(8,29-2)35-36(6,7)26-22-18-15-16-20-24-28-38(30-3,31-4)32-5/h9-28H2,1-8H3. The average Bonchev–Trinajstić information content (AvgIpc) is 2.90. The van der Waals surface area contributed by atoms with Crippen LogP contribution in [0.2, 0.25) is 37.8 Å². The molecule has 0 saturated carbocycles. The van der Waals surface area contributed by atoms with Gasteiger partial charge in [-0.15, -0.1) is 0 Å². The Labute approximate surface area is 239 Å². The molecule has 1 unspecified atom stereocenters. The minimum atomic E-state index is -2.40. The molecule has 0 heterocycles. The molecule has 0 N–H and O–H groups in total. The van der Waals surface area contributed by atoms with E-state index in [4.69, 9.17) is 31.6 Å². The van der Waals surface area contributed by atoms with E-state index < -0.39 is 25.7 Å². The van der Waals surface area contributed by atoms with Gasteiger partial charge in [0.15, 0.2) is 8.32 Å². The van der Waals surface area contributed by atoms with Gasteiger partial charge < -0.3 is 21.8 Å². The van der Waals surface area contributed by atoms with E-state index in [9.17, 15) is 0 Å². The highest BCUT2D eigenvalue weighted by atomic mass is 28.4. The predicted octanol–water partition coefficient (Wildman–Crippen LogP) is 8.62. The lowest BCUT2D eigenvalue weighted by Crippen LogP contribution is -2.48. The van der Waals surface area contributed by atoms with Crippen LogP contribution in [-0.4, -0.2) is 67.3 Å². The average molecular weight is 597 g/mol. The third-order valence-electron chi connectivity index (χ3n) is 7.43. The second-order valence-corrected chi connectivity index (χ2v) is 22.4. The summed E-state index contributed by atoms with van der Waals surface area (Å²) in [6, 6.07) is 3.25. The summed E-state index contributed by atoms with van der Waals surface area (Å²) in [4.78, 5) is 9.96. The highest BCUT2D eigenvalue weighted by Crippen LogP contribution is 2.27. The maximum absolute atomic E-state index is 6.80. The van der Waals surface area contributed by atoms with Gasteiger partial charge in [0.25, 0.3) is 0 Å². The molecule has 0 aromatic heterocycles. The molecule has 10 heteroatoms. The van der Waals surface area contributed by atoms with E-state index in [1.165, 1.54) is 89.5 Å². The fourth-order valence-corrected chi connectivity index (χ4v) is 14.8.